The fourth-order valence-electron chi connectivity index (χ4n) is 4.83. The summed E-state index contributed by atoms with van der Waals surface area (Å²) >= 11 is 0. The van der Waals surface area contributed by atoms with Gasteiger partial charge in [-0.1, -0.05) is 24.3 Å². The number of rotatable bonds is 3. The lowest BCUT2D eigenvalue weighted by Crippen LogP contribution is -2.55. The fraction of sp³-hybridized carbons (Fsp3) is 0.435. The van der Waals surface area contributed by atoms with E-state index >= 15 is 0 Å². The van der Waals surface area contributed by atoms with Crippen molar-refractivity contribution in [3.05, 3.63) is 59.3 Å². The lowest BCUT2D eigenvalue weighted by molar-refractivity contribution is -0.135. The van der Waals surface area contributed by atoms with Crippen LogP contribution in [0.15, 0.2) is 53.2 Å². The number of guanidine groups is 1. The Hall–Kier alpha value is -3.12. The lowest BCUT2D eigenvalue weighted by Gasteiger charge is -2.44. The van der Waals surface area contributed by atoms with Gasteiger partial charge in [0.2, 0.25) is 15.9 Å². The van der Waals surface area contributed by atoms with Crippen LogP contribution >= 0.6 is 0 Å². The molecule has 1 fully saturated rings. The molecule has 3 atom stereocenters. The zero-order valence-electron chi connectivity index (χ0n) is 18.2. The van der Waals surface area contributed by atoms with Crippen LogP contribution in [-0.4, -0.2) is 48.8 Å². The summed E-state index contributed by atoms with van der Waals surface area (Å²) < 4.78 is 26.4. The molecule has 2 heterocycles. The van der Waals surface area contributed by atoms with Gasteiger partial charge in [0.05, 0.1) is 28.8 Å². The molecule has 8 nitrogen and oxygen atoms in total. The third kappa shape index (κ3) is 3.69. The highest BCUT2D eigenvalue weighted by molar-refractivity contribution is 7.89. The van der Waals surface area contributed by atoms with E-state index in [9.17, 15) is 18.5 Å². The Morgan fingerprint density at radius 3 is 2.75 bits per heavy atom. The summed E-state index contributed by atoms with van der Waals surface area (Å²) in [6.45, 7) is 2.35. The minimum absolute atomic E-state index is 0.131. The minimum atomic E-state index is -3.30. The second kappa shape index (κ2) is 8.10. The first-order valence-corrected chi connectivity index (χ1v) is 12.3. The van der Waals surface area contributed by atoms with Crippen LogP contribution in [0.3, 0.4) is 0 Å². The number of amides is 1. The number of nitriles is 1. The highest BCUT2D eigenvalue weighted by atomic mass is 32.2. The SMILES string of the molecule is CN1C(=O)[C@@H](C2C=CC(N3CCCCS3(=O)=O)=CC2)[C@@](C)(c2cccc(C#N)c2)N=C1N. The first-order valence-electron chi connectivity index (χ1n) is 10.7. The number of benzene rings is 1. The Morgan fingerprint density at radius 1 is 1.31 bits per heavy atom. The van der Waals surface area contributed by atoms with Gasteiger partial charge < -0.3 is 5.73 Å². The molecule has 1 unspecified atom stereocenters. The zero-order chi connectivity index (χ0) is 23.1. The molecule has 1 aliphatic carbocycles. The Balaban J connectivity index is 1.70. The largest absolute Gasteiger partial charge is 0.369 e. The molecular formula is C23H27N5O3S. The van der Waals surface area contributed by atoms with Crippen molar-refractivity contribution in [2.45, 2.75) is 31.7 Å². The molecule has 0 saturated carbocycles. The van der Waals surface area contributed by atoms with Gasteiger partial charge >= 0.3 is 0 Å². The molecule has 2 aliphatic heterocycles. The summed E-state index contributed by atoms with van der Waals surface area (Å²) in [4.78, 5) is 19.5. The molecule has 2 N–H and O–H groups in total. The maximum Gasteiger partial charge on any atom is 0.235 e. The molecule has 3 aliphatic rings. The van der Waals surface area contributed by atoms with E-state index in [1.165, 1.54) is 9.21 Å². The van der Waals surface area contributed by atoms with Crippen molar-refractivity contribution in [2.75, 3.05) is 19.3 Å². The molecule has 32 heavy (non-hydrogen) atoms. The number of sulfonamides is 1. The van der Waals surface area contributed by atoms with Crippen molar-refractivity contribution in [1.82, 2.24) is 9.21 Å². The zero-order valence-corrected chi connectivity index (χ0v) is 19.0. The van der Waals surface area contributed by atoms with Gasteiger partial charge in [-0.05, 0) is 55.9 Å². The van der Waals surface area contributed by atoms with Gasteiger partial charge in [0.15, 0.2) is 5.96 Å². The number of aliphatic imine (C=N–C) groups is 1. The van der Waals surface area contributed by atoms with Gasteiger partial charge in [-0.25, -0.2) is 13.4 Å². The molecule has 1 saturated heterocycles. The van der Waals surface area contributed by atoms with Crippen LogP contribution in [0.5, 0.6) is 0 Å². The Morgan fingerprint density at radius 2 is 2.09 bits per heavy atom. The first-order chi connectivity index (χ1) is 15.2. The van der Waals surface area contributed by atoms with Gasteiger partial charge in [0, 0.05) is 19.3 Å². The Bertz CT molecular complexity index is 1180. The van der Waals surface area contributed by atoms with Gasteiger partial charge in [0.1, 0.15) is 0 Å². The van der Waals surface area contributed by atoms with Crippen molar-refractivity contribution < 1.29 is 13.2 Å². The number of hydrogen-bond donors (Lipinski definition) is 1. The third-order valence-corrected chi connectivity index (χ3v) is 8.52. The Kier molecular flexibility index (Phi) is 5.59. The lowest BCUT2D eigenvalue weighted by atomic mass is 9.69. The predicted molar refractivity (Wildman–Crippen MR) is 121 cm³/mol. The second-order valence-electron chi connectivity index (χ2n) is 8.67. The van der Waals surface area contributed by atoms with E-state index in [2.05, 4.69) is 6.07 Å². The smallest absolute Gasteiger partial charge is 0.235 e. The summed E-state index contributed by atoms with van der Waals surface area (Å²) in [5.74, 6) is -0.616. The maximum absolute atomic E-state index is 13.4. The molecule has 9 heteroatoms. The molecule has 1 aromatic rings. The number of nitrogens with zero attached hydrogens (tertiary/aromatic N) is 4. The molecule has 4 rings (SSSR count). The van der Waals surface area contributed by atoms with E-state index in [-0.39, 0.29) is 23.5 Å². The molecule has 0 spiro atoms. The van der Waals surface area contributed by atoms with Crippen molar-refractivity contribution in [2.24, 2.45) is 22.6 Å². The van der Waals surface area contributed by atoms with Crippen molar-refractivity contribution in [3.8, 4) is 6.07 Å². The van der Waals surface area contributed by atoms with Crippen molar-refractivity contribution >= 4 is 21.9 Å². The monoisotopic (exact) mass is 453 g/mol. The van der Waals surface area contributed by atoms with E-state index in [1.54, 1.807) is 31.3 Å². The van der Waals surface area contributed by atoms with Crippen LogP contribution in [0.1, 0.15) is 37.3 Å². The molecule has 0 aromatic heterocycles. The highest BCUT2D eigenvalue weighted by Crippen LogP contribution is 2.44. The van der Waals surface area contributed by atoms with Crippen LogP contribution in [0.2, 0.25) is 0 Å². The Labute approximate surface area is 188 Å². The summed E-state index contributed by atoms with van der Waals surface area (Å²) in [6, 6.07) is 9.23. The number of nitrogens with two attached hydrogens (primary N) is 1. The predicted octanol–water partition coefficient (Wildman–Crippen LogP) is 2.06. The standard InChI is InChI=1S/C23H27N5O3S/c1-23(18-7-5-6-16(14-18)15-24)20(21(29)27(2)22(25)26-23)17-8-10-19(11-9-17)28-12-3-4-13-32(28,30)31/h5-8,10-11,14,17,20H,3-4,9,12-13H2,1-2H3,(H2,25,26)/t17?,20-,23-/m1/s1. The van der Waals surface area contributed by atoms with Crippen LogP contribution in [0, 0.1) is 23.2 Å². The third-order valence-electron chi connectivity index (χ3n) is 6.65. The maximum atomic E-state index is 13.4. The van der Waals surface area contributed by atoms with Crippen LogP contribution in [-0.2, 0) is 20.4 Å². The van der Waals surface area contributed by atoms with Gasteiger partial charge in [-0.15, -0.1) is 0 Å². The van der Waals surface area contributed by atoms with E-state index in [0.717, 1.165) is 12.0 Å². The highest BCUT2D eigenvalue weighted by Gasteiger charge is 2.49. The van der Waals surface area contributed by atoms with Gasteiger partial charge in [-0.2, -0.15) is 5.26 Å². The molecule has 0 bridgehead atoms. The van der Waals surface area contributed by atoms with E-state index < -0.39 is 21.5 Å². The molecular weight excluding hydrogens is 426 g/mol. The molecule has 168 valence electrons. The summed E-state index contributed by atoms with van der Waals surface area (Å²) in [5, 5.41) is 9.34. The summed E-state index contributed by atoms with van der Waals surface area (Å²) in [7, 11) is -1.69. The topological polar surface area (TPSA) is 120 Å². The van der Waals surface area contributed by atoms with Crippen LogP contribution in [0.25, 0.3) is 0 Å². The number of carbonyl (C=O) groups is 1. The summed E-state index contributed by atoms with van der Waals surface area (Å²) in [6.07, 6.45) is 7.64. The van der Waals surface area contributed by atoms with E-state index in [1.807, 2.05) is 25.1 Å². The average molecular weight is 454 g/mol. The average Bonchev–Trinajstić information content (AvgIpc) is 2.78. The fourth-order valence-corrected chi connectivity index (χ4v) is 6.48. The van der Waals surface area contributed by atoms with Crippen LogP contribution in [0.4, 0.5) is 0 Å². The van der Waals surface area contributed by atoms with Gasteiger partial charge in [0.25, 0.3) is 0 Å². The van der Waals surface area contributed by atoms with Crippen molar-refractivity contribution in [1.29, 1.82) is 5.26 Å². The molecule has 1 amide bonds. The van der Waals surface area contributed by atoms with Gasteiger partial charge in [-0.3, -0.25) is 14.0 Å². The summed E-state index contributed by atoms with van der Waals surface area (Å²) in [5.41, 5.74) is 7.01. The van der Waals surface area contributed by atoms with E-state index in [0.29, 0.717) is 30.6 Å². The number of carbonyl (C=O) groups excluding carboxylic acids is 1. The molecule has 1 aromatic carbocycles. The van der Waals surface area contributed by atoms with E-state index in [4.69, 9.17) is 10.7 Å². The second-order valence-corrected chi connectivity index (χ2v) is 10.7. The molecule has 0 radical (unpaired) electrons. The minimum Gasteiger partial charge on any atom is -0.369 e. The van der Waals surface area contributed by atoms with Crippen LogP contribution < -0.4 is 5.73 Å². The van der Waals surface area contributed by atoms with Crippen molar-refractivity contribution in [3.63, 3.8) is 0 Å². The first kappa shape index (κ1) is 22.1. The number of hydrogen-bond acceptors (Lipinski definition) is 6. The normalized spacial score (nSPS) is 29.8. The quantitative estimate of drug-likeness (QED) is 0.751. The number of allylic oxidation sites excluding steroid dienone is 3.